The highest BCUT2D eigenvalue weighted by molar-refractivity contribution is 5.94. The van der Waals surface area contributed by atoms with E-state index in [2.05, 4.69) is 11.1 Å². The summed E-state index contributed by atoms with van der Waals surface area (Å²) in [5.41, 5.74) is 4.06. The molecule has 4 rings (SSSR count). The van der Waals surface area contributed by atoms with Crippen molar-refractivity contribution in [3.8, 4) is 0 Å². The van der Waals surface area contributed by atoms with Gasteiger partial charge in [0.05, 0.1) is 11.0 Å². The molecular weight excluding hydrogens is 298 g/mol. The molecule has 1 aliphatic heterocycles. The van der Waals surface area contributed by atoms with Gasteiger partial charge in [-0.1, -0.05) is 29.8 Å². The van der Waals surface area contributed by atoms with Crippen molar-refractivity contribution in [3.63, 3.8) is 0 Å². The number of para-hydroxylation sites is 2. The van der Waals surface area contributed by atoms with E-state index in [1.807, 2.05) is 54.3 Å². The monoisotopic (exact) mass is 319 g/mol. The molecule has 0 saturated carbocycles. The average molecular weight is 319 g/mol. The first-order chi connectivity index (χ1) is 11.7. The molecule has 1 aliphatic rings. The maximum atomic E-state index is 12.6. The van der Waals surface area contributed by atoms with Gasteiger partial charge >= 0.3 is 0 Å². The van der Waals surface area contributed by atoms with Crippen LogP contribution in [0.5, 0.6) is 0 Å². The van der Waals surface area contributed by atoms with Gasteiger partial charge in [-0.25, -0.2) is 4.98 Å². The zero-order valence-corrected chi connectivity index (χ0v) is 13.8. The molecule has 2 aromatic carbocycles. The van der Waals surface area contributed by atoms with Gasteiger partial charge < -0.3 is 9.88 Å². The molecule has 24 heavy (non-hydrogen) atoms. The molecule has 0 atom stereocenters. The Labute approximate surface area is 141 Å². The second-order valence-electron chi connectivity index (χ2n) is 6.57. The van der Waals surface area contributed by atoms with Gasteiger partial charge in [0, 0.05) is 24.6 Å². The number of amides is 1. The SMILES string of the molecule is Cc1ccc(C(=O)N2CCC(c3nc4ccccc4[nH]3)CC2)cc1. The number of imidazole rings is 1. The third-order valence-electron chi connectivity index (χ3n) is 4.88. The van der Waals surface area contributed by atoms with E-state index in [0.717, 1.165) is 48.4 Å². The minimum absolute atomic E-state index is 0.137. The van der Waals surface area contributed by atoms with Crippen molar-refractivity contribution < 1.29 is 4.79 Å². The summed E-state index contributed by atoms with van der Waals surface area (Å²) in [5.74, 6) is 1.59. The lowest BCUT2D eigenvalue weighted by Gasteiger charge is -2.31. The molecule has 1 saturated heterocycles. The number of benzene rings is 2. The number of likely N-dealkylation sites (tertiary alicyclic amines) is 1. The van der Waals surface area contributed by atoms with Gasteiger partial charge in [-0.05, 0) is 44.0 Å². The summed E-state index contributed by atoms with van der Waals surface area (Å²) in [6, 6.07) is 15.9. The minimum atomic E-state index is 0.137. The molecule has 0 aliphatic carbocycles. The van der Waals surface area contributed by atoms with Crippen LogP contribution in [0.2, 0.25) is 0 Å². The van der Waals surface area contributed by atoms with Gasteiger partial charge in [-0.2, -0.15) is 0 Å². The molecule has 3 aromatic rings. The molecule has 0 bridgehead atoms. The third kappa shape index (κ3) is 2.80. The largest absolute Gasteiger partial charge is 0.342 e. The summed E-state index contributed by atoms with van der Waals surface area (Å²) in [5, 5.41) is 0. The van der Waals surface area contributed by atoms with E-state index in [4.69, 9.17) is 4.98 Å². The first-order valence-corrected chi connectivity index (χ1v) is 8.51. The minimum Gasteiger partial charge on any atom is -0.342 e. The number of hydrogen-bond donors (Lipinski definition) is 1. The predicted molar refractivity (Wildman–Crippen MR) is 95.2 cm³/mol. The molecular formula is C20H21N3O. The normalized spacial score (nSPS) is 15.8. The van der Waals surface area contributed by atoms with Crippen molar-refractivity contribution in [2.75, 3.05) is 13.1 Å². The predicted octanol–water partition coefficient (Wildman–Crippen LogP) is 3.89. The van der Waals surface area contributed by atoms with Gasteiger partial charge in [-0.15, -0.1) is 0 Å². The fourth-order valence-electron chi connectivity index (χ4n) is 3.40. The second-order valence-corrected chi connectivity index (χ2v) is 6.57. The summed E-state index contributed by atoms with van der Waals surface area (Å²) >= 11 is 0. The highest BCUT2D eigenvalue weighted by atomic mass is 16.2. The zero-order valence-electron chi connectivity index (χ0n) is 13.8. The number of hydrogen-bond acceptors (Lipinski definition) is 2. The number of fused-ring (bicyclic) bond motifs is 1. The van der Waals surface area contributed by atoms with E-state index < -0.39 is 0 Å². The van der Waals surface area contributed by atoms with Crippen LogP contribution in [-0.2, 0) is 0 Å². The lowest BCUT2D eigenvalue weighted by atomic mass is 9.95. The molecule has 4 nitrogen and oxygen atoms in total. The molecule has 4 heteroatoms. The maximum absolute atomic E-state index is 12.6. The Morgan fingerprint density at radius 2 is 1.79 bits per heavy atom. The Kier molecular flexibility index (Phi) is 3.81. The number of nitrogens with one attached hydrogen (secondary N) is 1. The van der Waals surface area contributed by atoms with Gasteiger partial charge in [0.2, 0.25) is 0 Å². The average Bonchev–Trinajstić information content (AvgIpc) is 3.06. The van der Waals surface area contributed by atoms with Crippen LogP contribution in [0.3, 0.4) is 0 Å². The standard InChI is InChI=1S/C20H21N3O/c1-14-6-8-16(9-7-14)20(24)23-12-10-15(11-13-23)19-21-17-4-2-3-5-18(17)22-19/h2-9,15H,10-13H2,1H3,(H,21,22). The molecule has 2 heterocycles. The fourth-order valence-corrected chi connectivity index (χ4v) is 3.40. The van der Waals surface area contributed by atoms with E-state index in [1.165, 1.54) is 5.56 Å². The van der Waals surface area contributed by atoms with Crippen LogP contribution < -0.4 is 0 Å². The molecule has 0 unspecified atom stereocenters. The van der Waals surface area contributed by atoms with Crippen LogP contribution in [0.4, 0.5) is 0 Å². The first-order valence-electron chi connectivity index (χ1n) is 8.51. The number of aromatic amines is 1. The summed E-state index contributed by atoms with van der Waals surface area (Å²) in [7, 11) is 0. The van der Waals surface area contributed by atoms with Crippen LogP contribution in [0, 0.1) is 6.92 Å². The van der Waals surface area contributed by atoms with Gasteiger partial charge in [0.25, 0.3) is 5.91 Å². The molecule has 1 aromatic heterocycles. The van der Waals surface area contributed by atoms with E-state index in [9.17, 15) is 4.79 Å². The van der Waals surface area contributed by atoms with Crippen LogP contribution in [-0.4, -0.2) is 33.9 Å². The Balaban J connectivity index is 1.44. The van der Waals surface area contributed by atoms with E-state index >= 15 is 0 Å². The number of piperidine rings is 1. The fraction of sp³-hybridized carbons (Fsp3) is 0.300. The molecule has 122 valence electrons. The Morgan fingerprint density at radius 1 is 1.08 bits per heavy atom. The van der Waals surface area contributed by atoms with Crippen LogP contribution in [0.25, 0.3) is 11.0 Å². The smallest absolute Gasteiger partial charge is 0.253 e. The molecule has 1 fully saturated rings. The zero-order chi connectivity index (χ0) is 16.5. The van der Waals surface area contributed by atoms with Gasteiger partial charge in [0.15, 0.2) is 0 Å². The Hall–Kier alpha value is -2.62. The number of aryl methyl sites for hydroxylation is 1. The van der Waals surface area contributed by atoms with E-state index in [0.29, 0.717) is 5.92 Å². The highest BCUT2D eigenvalue weighted by Gasteiger charge is 2.26. The van der Waals surface area contributed by atoms with Crippen molar-refractivity contribution in [3.05, 3.63) is 65.5 Å². The number of aromatic nitrogens is 2. The van der Waals surface area contributed by atoms with Crippen molar-refractivity contribution in [1.82, 2.24) is 14.9 Å². The first kappa shape index (κ1) is 14.9. The lowest BCUT2D eigenvalue weighted by Crippen LogP contribution is -2.38. The molecule has 1 amide bonds. The van der Waals surface area contributed by atoms with Crippen molar-refractivity contribution >= 4 is 16.9 Å². The second kappa shape index (κ2) is 6.11. The van der Waals surface area contributed by atoms with Crippen LogP contribution in [0.1, 0.15) is 40.5 Å². The van der Waals surface area contributed by atoms with Crippen LogP contribution in [0.15, 0.2) is 48.5 Å². The number of carbonyl (C=O) groups excluding carboxylic acids is 1. The maximum Gasteiger partial charge on any atom is 0.253 e. The Bertz CT molecular complexity index is 825. The molecule has 0 radical (unpaired) electrons. The lowest BCUT2D eigenvalue weighted by molar-refractivity contribution is 0.0711. The molecule has 1 N–H and O–H groups in total. The number of H-pyrrole nitrogens is 1. The van der Waals surface area contributed by atoms with Gasteiger partial charge in [-0.3, -0.25) is 4.79 Å². The van der Waals surface area contributed by atoms with Crippen molar-refractivity contribution in [2.24, 2.45) is 0 Å². The van der Waals surface area contributed by atoms with Crippen LogP contribution >= 0.6 is 0 Å². The number of rotatable bonds is 2. The molecule has 0 spiro atoms. The Morgan fingerprint density at radius 3 is 2.50 bits per heavy atom. The topological polar surface area (TPSA) is 49.0 Å². The number of nitrogens with zero attached hydrogens (tertiary/aromatic N) is 2. The summed E-state index contributed by atoms with van der Waals surface area (Å²) < 4.78 is 0. The summed E-state index contributed by atoms with van der Waals surface area (Å²) in [6.45, 7) is 3.61. The third-order valence-corrected chi connectivity index (χ3v) is 4.88. The van der Waals surface area contributed by atoms with Crippen molar-refractivity contribution in [1.29, 1.82) is 0 Å². The quantitative estimate of drug-likeness (QED) is 0.779. The highest BCUT2D eigenvalue weighted by Crippen LogP contribution is 2.28. The summed E-state index contributed by atoms with van der Waals surface area (Å²) in [4.78, 5) is 22.7. The van der Waals surface area contributed by atoms with Gasteiger partial charge in [0.1, 0.15) is 5.82 Å². The van der Waals surface area contributed by atoms with E-state index in [-0.39, 0.29) is 5.91 Å². The summed E-state index contributed by atoms with van der Waals surface area (Å²) in [6.07, 6.45) is 1.91. The van der Waals surface area contributed by atoms with E-state index in [1.54, 1.807) is 0 Å². The van der Waals surface area contributed by atoms with Crippen molar-refractivity contribution in [2.45, 2.75) is 25.7 Å². The number of carbonyl (C=O) groups is 1.